The lowest BCUT2D eigenvalue weighted by Gasteiger charge is -1.87. The number of carboxylic acids is 1. The Morgan fingerprint density at radius 2 is 1.92 bits per heavy atom. The van der Waals surface area contributed by atoms with Crippen molar-refractivity contribution in [1.29, 1.82) is 0 Å². The van der Waals surface area contributed by atoms with Crippen molar-refractivity contribution in [1.82, 2.24) is 0 Å². The molecule has 0 aliphatic heterocycles. The minimum absolute atomic E-state index is 0.104. The molecule has 0 saturated carbocycles. The van der Waals surface area contributed by atoms with Gasteiger partial charge in [-0.1, -0.05) is 18.2 Å². The summed E-state index contributed by atoms with van der Waals surface area (Å²) in [6.45, 7) is 0. The molecule has 0 radical (unpaired) electrons. The van der Waals surface area contributed by atoms with E-state index in [-0.39, 0.29) is 11.6 Å². The van der Waals surface area contributed by atoms with Crippen LogP contribution in [0.15, 0.2) is 28.7 Å². The van der Waals surface area contributed by atoms with Crippen LogP contribution in [-0.2, 0) is 0 Å². The van der Waals surface area contributed by atoms with Gasteiger partial charge >= 0.3 is 5.97 Å². The molecule has 1 aromatic heterocycles. The number of aromatic carboxylic acids is 1. The Morgan fingerprint density at radius 1 is 1.31 bits per heavy atom. The largest absolute Gasteiger partial charge is 0.475 e. The minimum atomic E-state index is -1.10. The molecule has 0 unspecified atom stereocenters. The number of benzene rings is 1. The first-order valence-corrected chi connectivity index (χ1v) is 3.70. The zero-order chi connectivity index (χ0) is 9.42. The molecular weight excluding hydrogens is 170 g/mol. The number of fused-ring (bicyclic) bond motifs is 1. The van der Waals surface area contributed by atoms with Crippen LogP contribution in [0.25, 0.3) is 10.8 Å². The lowest BCUT2D eigenvalue weighted by atomic mass is 10.2. The maximum atomic E-state index is 10.7. The summed E-state index contributed by atoms with van der Waals surface area (Å²) < 4.78 is 4.90. The monoisotopic (exact) mass is 177 g/mol. The number of hydrogen-bond donors (Lipinski definition) is 2. The molecule has 1 aromatic carbocycles. The third kappa shape index (κ3) is 1.03. The summed E-state index contributed by atoms with van der Waals surface area (Å²) in [5.41, 5.74) is 5.48. The first-order chi connectivity index (χ1) is 6.20. The maximum Gasteiger partial charge on any atom is 0.372 e. The molecule has 3 N–H and O–H groups in total. The van der Waals surface area contributed by atoms with E-state index < -0.39 is 5.97 Å². The average Bonchev–Trinajstić information content (AvgIpc) is 2.45. The van der Waals surface area contributed by atoms with Gasteiger partial charge in [0.2, 0.25) is 5.76 Å². The molecule has 13 heavy (non-hydrogen) atoms. The number of hydrogen-bond acceptors (Lipinski definition) is 3. The van der Waals surface area contributed by atoms with E-state index in [1.165, 1.54) is 0 Å². The Balaban J connectivity index is 2.85. The van der Waals surface area contributed by atoms with E-state index >= 15 is 0 Å². The van der Waals surface area contributed by atoms with Gasteiger partial charge in [-0.25, -0.2) is 4.79 Å². The number of anilines is 1. The third-order valence-electron chi connectivity index (χ3n) is 1.84. The third-order valence-corrected chi connectivity index (χ3v) is 1.84. The summed E-state index contributed by atoms with van der Waals surface area (Å²) in [7, 11) is 0. The number of rotatable bonds is 1. The average molecular weight is 177 g/mol. The van der Waals surface area contributed by atoms with Crippen LogP contribution in [0.3, 0.4) is 0 Å². The summed E-state index contributed by atoms with van der Waals surface area (Å²) in [4.78, 5) is 10.7. The van der Waals surface area contributed by atoms with Crippen molar-refractivity contribution in [2.24, 2.45) is 0 Å². The van der Waals surface area contributed by atoms with E-state index in [9.17, 15) is 4.79 Å². The molecule has 0 aliphatic rings. The number of carbonyl (C=O) groups is 1. The highest BCUT2D eigenvalue weighted by Gasteiger charge is 2.15. The molecule has 0 bridgehead atoms. The van der Waals surface area contributed by atoms with Crippen LogP contribution in [-0.4, -0.2) is 11.1 Å². The van der Waals surface area contributed by atoms with E-state index in [0.29, 0.717) is 10.8 Å². The second-order valence-electron chi connectivity index (χ2n) is 2.65. The molecule has 0 saturated heterocycles. The zero-order valence-electron chi connectivity index (χ0n) is 6.65. The molecule has 0 fully saturated rings. The van der Waals surface area contributed by atoms with Crippen LogP contribution < -0.4 is 5.73 Å². The summed E-state index contributed by atoms with van der Waals surface area (Å²) in [5.74, 6) is -1.06. The van der Waals surface area contributed by atoms with E-state index in [4.69, 9.17) is 15.3 Å². The molecule has 1 heterocycles. The highest BCUT2D eigenvalue weighted by molar-refractivity contribution is 6.05. The van der Waals surface area contributed by atoms with Gasteiger partial charge in [-0.15, -0.1) is 0 Å². The SMILES string of the molecule is Nc1oc(C(=O)O)c2ccccc12. The lowest BCUT2D eigenvalue weighted by Crippen LogP contribution is -1.93. The fraction of sp³-hybridized carbons (Fsp3) is 0. The molecule has 0 atom stereocenters. The predicted molar refractivity (Wildman–Crippen MR) is 47.6 cm³/mol. The number of furan rings is 1. The van der Waals surface area contributed by atoms with Crippen LogP contribution in [0, 0.1) is 0 Å². The molecule has 66 valence electrons. The smallest absolute Gasteiger partial charge is 0.372 e. The summed E-state index contributed by atoms with van der Waals surface area (Å²) in [6, 6.07) is 6.91. The minimum Gasteiger partial charge on any atom is -0.475 e. The van der Waals surface area contributed by atoms with Crippen LogP contribution in [0.1, 0.15) is 10.6 Å². The summed E-state index contributed by atoms with van der Waals surface area (Å²) in [5, 5.41) is 9.92. The maximum absolute atomic E-state index is 10.7. The van der Waals surface area contributed by atoms with Gasteiger partial charge in [0.25, 0.3) is 0 Å². The highest BCUT2D eigenvalue weighted by atomic mass is 16.4. The Kier molecular flexibility index (Phi) is 1.48. The topological polar surface area (TPSA) is 76.5 Å². The first-order valence-electron chi connectivity index (χ1n) is 3.70. The Bertz CT molecular complexity index is 473. The van der Waals surface area contributed by atoms with Crippen molar-refractivity contribution < 1.29 is 14.3 Å². The quantitative estimate of drug-likeness (QED) is 0.695. The molecule has 4 nitrogen and oxygen atoms in total. The van der Waals surface area contributed by atoms with Crippen molar-refractivity contribution in [3.8, 4) is 0 Å². The number of nitrogen functional groups attached to an aromatic ring is 1. The van der Waals surface area contributed by atoms with Crippen LogP contribution in [0.2, 0.25) is 0 Å². The van der Waals surface area contributed by atoms with E-state index in [0.717, 1.165) is 0 Å². The van der Waals surface area contributed by atoms with E-state index in [1.54, 1.807) is 24.3 Å². The fourth-order valence-corrected chi connectivity index (χ4v) is 1.27. The van der Waals surface area contributed by atoms with Gasteiger partial charge in [0.05, 0.1) is 0 Å². The van der Waals surface area contributed by atoms with Crippen molar-refractivity contribution in [2.45, 2.75) is 0 Å². The van der Waals surface area contributed by atoms with Crippen molar-refractivity contribution in [3.63, 3.8) is 0 Å². The van der Waals surface area contributed by atoms with Crippen molar-refractivity contribution >= 4 is 22.6 Å². The van der Waals surface area contributed by atoms with Gasteiger partial charge in [0.15, 0.2) is 5.88 Å². The normalized spacial score (nSPS) is 10.5. The van der Waals surface area contributed by atoms with Gasteiger partial charge in [0.1, 0.15) is 0 Å². The fourth-order valence-electron chi connectivity index (χ4n) is 1.27. The summed E-state index contributed by atoms with van der Waals surface area (Å²) in [6.07, 6.45) is 0. The van der Waals surface area contributed by atoms with Gasteiger partial charge < -0.3 is 15.3 Å². The number of nitrogens with two attached hydrogens (primary N) is 1. The molecule has 0 spiro atoms. The van der Waals surface area contributed by atoms with Crippen molar-refractivity contribution in [2.75, 3.05) is 5.73 Å². The Labute approximate surface area is 73.6 Å². The van der Waals surface area contributed by atoms with Crippen LogP contribution >= 0.6 is 0 Å². The predicted octanol–water partition coefficient (Wildman–Crippen LogP) is 1.71. The van der Waals surface area contributed by atoms with E-state index in [2.05, 4.69) is 0 Å². The summed E-state index contributed by atoms with van der Waals surface area (Å²) >= 11 is 0. The first kappa shape index (κ1) is 7.67. The van der Waals surface area contributed by atoms with Crippen LogP contribution in [0.5, 0.6) is 0 Å². The van der Waals surface area contributed by atoms with Crippen molar-refractivity contribution in [3.05, 3.63) is 30.0 Å². The highest BCUT2D eigenvalue weighted by Crippen LogP contribution is 2.27. The van der Waals surface area contributed by atoms with Gasteiger partial charge in [-0.05, 0) is 6.07 Å². The molecule has 0 aliphatic carbocycles. The van der Waals surface area contributed by atoms with Crippen LogP contribution in [0.4, 0.5) is 5.88 Å². The molecule has 4 heteroatoms. The standard InChI is InChI=1S/C9H7NO3/c10-8-6-4-2-1-3-5(6)7(13-8)9(11)12/h1-4H,10H2,(H,11,12). The number of carboxylic acid groups (broad SMARTS) is 1. The van der Waals surface area contributed by atoms with Gasteiger partial charge in [-0.3, -0.25) is 0 Å². The zero-order valence-corrected chi connectivity index (χ0v) is 6.65. The molecule has 0 amide bonds. The molecule has 2 rings (SSSR count). The second kappa shape index (κ2) is 2.52. The van der Waals surface area contributed by atoms with Gasteiger partial charge in [-0.2, -0.15) is 0 Å². The lowest BCUT2D eigenvalue weighted by molar-refractivity contribution is 0.0666. The Morgan fingerprint density at radius 3 is 2.54 bits per heavy atom. The second-order valence-corrected chi connectivity index (χ2v) is 2.65. The van der Waals surface area contributed by atoms with Gasteiger partial charge in [0, 0.05) is 10.8 Å². The van der Waals surface area contributed by atoms with E-state index in [1.807, 2.05) is 0 Å². The molecule has 2 aromatic rings. The molecular formula is C9H7NO3. The Hall–Kier alpha value is -1.97.